The molecule has 5 rings (SSSR count). The maximum Gasteiger partial charge on any atom is 0.260 e. The number of nitrogens with one attached hydrogen (secondary N) is 1. The minimum Gasteiger partial charge on any atom is -0.466 e. The molecule has 9 heteroatoms. The summed E-state index contributed by atoms with van der Waals surface area (Å²) in [7, 11) is -1.14. The van der Waals surface area contributed by atoms with Gasteiger partial charge >= 0.3 is 0 Å². The summed E-state index contributed by atoms with van der Waals surface area (Å²) in [5, 5.41) is 0. The van der Waals surface area contributed by atoms with E-state index >= 15 is 0 Å². The average molecular weight is 409 g/mol. The van der Waals surface area contributed by atoms with Gasteiger partial charge in [0.15, 0.2) is 6.61 Å². The van der Waals surface area contributed by atoms with Gasteiger partial charge in [0.2, 0.25) is 5.88 Å². The number of hydrogen-bond acceptors (Lipinski definition) is 6. The lowest BCUT2D eigenvalue weighted by atomic mass is 9.85. The molecular formula is C19H28N4O4S. The number of piperidine rings is 1. The topological polar surface area (TPSA) is 93.7 Å². The van der Waals surface area contributed by atoms with Crippen LogP contribution in [-0.4, -0.2) is 69.2 Å². The molecule has 0 radical (unpaired) electrons. The zero-order valence-electron chi connectivity index (χ0n) is 16.2. The molecule has 1 aliphatic carbocycles. The van der Waals surface area contributed by atoms with Gasteiger partial charge in [-0.25, -0.2) is 13.9 Å². The van der Waals surface area contributed by atoms with Crippen molar-refractivity contribution in [3.63, 3.8) is 0 Å². The van der Waals surface area contributed by atoms with Crippen LogP contribution in [-0.2, 0) is 20.5 Å². The zero-order chi connectivity index (χ0) is 19.5. The van der Waals surface area contributed by atoms with Crippen LogP contribution in [0.2, 0.25) is 0 Å². The van der Waals surface area contributed by atoms with E-state index in [4.69, 9.17) is 9.47 Å². The van der Waals surface area contributed by atoms with Gasteiger partial charge in [0.25, 0.3) is 5.91 Å². The molecule has 3 aliphatic heterocycles. The molecule has 0 aromatic carbocycles. The summed E-state index contributed by atoms with van der Waals surface area (Å²) in [4.78, 5) is 23.6. The van der Waals surface area contributed by atoms with Gasteiger partial charge in [0.1, 0.15) is 5.69 Å². The molecule has 0 spiro atoms. The first kappa shape index (κ1) is 19.7. The van der Waals surface area contributed by atoms with Gasteiger partial charge in [-0.05, 0) is 38.5 Å². The van der Waals surface area contributed by atoms with E-state index in [1.165, 1.54) is 0 Å². The Bertz CT molecular complexity index is 726. The number of fused-ring (bicyclic) bond motifs is 5. The Balaban J connectivity index is 1.60. The summed E-state index contributed by atoms with van der Waals surface area (Å²) in [6, 6.07) is -0.189. The molecule has 1 amide bonds. The minimum atomic E-state index is -1.14. The van der Waals surface area contributed by atoms with Gasteiger partial charge < -0.3 is 14.4 Å². The van der Waals surface area contributed by atoms with Crippen LogP contribution in [0.25, 0.3) is 0 Å². The second kappa shape index (κ2) is 8.84. The summed E-state index contributed by atoms with van der Waals surface area (Å²) in [5.74, 6) is 0.668. The third kappa shape index (κ3) is 4.36. The van der Waals surface area contributed by atoms with Crippen molar-refractivity contribution in [2.45, 2.75) is 62.6 Å². The fourth-order valence-electron chi connectivity index (χ4n) is 4.60. The molecule has 1 saturated heterocycles. The normalized spacial score (nSPS) is 32.2. The number of nitrogens with zero attached hydrogens (tertiary/aromatic N) is 3. The van der Waals surface area contributed by atoms with Crippen molar-refractivity contribution < 1.29 is 18.5 Å². The van der Waals surface area contributed by atoms with Crippen LogP contribution in [0.15, 0.2) is 12.4 Å². The SMILES string of the molecule is CS(=O)NC1CCCN2C(=O)COc3nccnc3C3CCC(CC3)OCC12. The molecular weight excluding hydrogens is 380 g/mol. The van der Waals surface area contributed by atoms with Crippen LogP contribution in [0, 0.1) is 0 Å². The monoisotopic (exact) mass is 408 g/mol. The molecule has 4 heterocycles. The molecule has 2 fully saturated rings. The van der Waals surface area contributed by atoms with Crippen molar-refractivity contribution in [2.75, 3.05) is 26.0 Å². The Labute approximate surface area is 168 Å². The minimum absolute atomic E-state index is 0.0444. The molecule has 1 aromatic heterocycles. The molecule has 2 bridgehead atoms. The molecule has 8 nitrogen and oxygen atoms in total. The van der Waals surface area contributed by atoms with Gasteiger partial charge in [-0.3, -0.25) is 9.78 Å². The standard InChI is InChI=1S/C19H28N4O4S/c1-28(25)22-15-3-2-10-23-16(15)11-26-14-6-4-13(5-7-14)18-19(21-9-8-20-18)27-12-17(23)24/h8-9,13-16,22H,2-7,10-12H2,1H3. The van der Waals surface area contributed by atoms with E-state index in [9.17, 15) is 9.00 Å². The fraction of sp³-hybridized carbons (Fsp3) is 0.737. The molecule has 3 unspecified atom stereocenters. The van der Waals surface area contributed by atoms with Gasteiger partial charge in [0, 0.05) is 37.2 Å². The number of carbonyl (C=O) groups excluding carboxylic acids is 1. The second-order valence-corrected chi connectivity index (χ2v) is 8.96. The van der Waals surface area contributed by atoms with Crippen molar-refractivity contribution >= 4 is 16.9 Å². The first-order valence-electron chi connectivity index (χ1n) is 10.1. The first-order chi connectivity index (χ1) is 13.6. The zero-order valence-corrected chi connectivity index (χ0v) is 17.0. The molecule has 28 heavy (non-hydrogen) atoms. The maximum atomic E-state index is 13.0. The largest absolute Gasteiger partial charge is 0.466 e. The van der Waals surface area contributed by atoms with Gasteiger partial charge in [-0.1, -0.05) is 0 Å². The average Bonchev–Trinajstić information content (AvgIpc) is 2.72. The van der Waals surface area contributed by atoms with Crippen molar-refractivity contribution in [2.24, 2.45) is 0 Å². The number of hydrogen-bond donors (Lipinski definition) is 1. The summed E-state index contributed by atoms with van der Waals surface area (Å²) in [5.41, 5.74) is 0.851. The van der Waals surface area contributed by atoms with E-state index in [1.54, 1.807) is 18.6 Å². The van der Waals surface area contributed by atoms with Gasteiger partial charge in [0.05, 0.1) is 29.7 Å². The van der Waals surface area contributed by atoms with Crippen LogP contribution in [0.4, 0.5) is 0 Å². The third-order valence-corrected chi connectivity index (χ3v) is 6.64. The van der Waals surface area contributed by atoms with E-state index in [0.717, 1.165) is 44.2 Å². The number of rotatable bonds is 2. The molecule has 154 valence electrons. The first-order valence-corrected chi connectivity index (χ1v) is 11.6. The molecule has 1 N–H and O–H groups in total. The van der Waals surface area contributed by atoms with Gasteiger partial charge in [-0.2, -0.15) is 0 Å². The number of aromatic nitrogens is 2. The predicted molar refractivity (Wildman–Crippen MR) is 104 cm³/mol. The number of amides is 1. The Hall–Kier alpha value is -1.58. The highest BCUT2D eigenvalue weighted by molar-refractivity contribution is 7.82. The summed E-state index contributed by atoms with van der Waals surface area (Å²) < 4.78 is 27.0. The van der Waals surface area contributed by atoms with Crippen LogP contribution in [0.3, 0.4) is 0 Å². The smallest absolute Gasteiger partial charge is 0.260 e. The van der Waals surface area contributed by atoms with Crippen molar-refractivity contribution in [3.05, 3.63) is 18.1 Å². The lowest BCUT2D eigenvalue weighted by Gasteiger charge is -2.41. The highest BCUT2D eigenvalue weighted by Crippen LogP contribution is 2.36. The van der Waals surface area contributed by atoms with Crippen LogP contribution in [0.1, 0.15) is 50.1 Å². The van der Waals surface area contributed by atoms with Crippen molar-refractivity contribution in [3.8, 4) is 5.88 Å². The maximum absolute atomic E-state index is 13.0. The van der Waals surface area contributed by atoms with Crippen LogP contribution < -0.4 is 9.46 Å². The van der Waals surface area contributed by atoms with E-state index in [-0.39, 0.29) is 30.7 Å². The highest BCUT2D eigenvalue weighted by atomic mass is 32.2. The Kier molecular flexibility index (Phi) is 6.22. The van der Waals surface area contributed by atoms with E-state index in [1.807, 2.05) is 4.90 Å². The Morgan fingerprint density at radius 1 is 1.18 bits per heavy atom. The molecule has 4 aliphatic rings. The quantitative estimate of drug-likeness (QED) is 0.789. The molecule has 1 aromatic rings. The van der Waals surface area contributed by atoms with E-state index < -0.39 is 11.0 Å². The Morgan fingerprint density at radius 3 is 2.75 bits per heavy atom. The number of ether oxygens (including phenoxy) is 2. The van der Waals surface area contributed by atoms with Gasteiger partial charge in [-0.15, -0.1) is 0 Å². The van der Waals surface area contributed by atoms with Crippen molar-refractivity contribution in [1.82, 2.24) is 19.6 Å². The third-order valence-electron chi connectivity index (χ3n) is 6.00. The molecule has 3 atom stereocenters. The Morgan fingerprint density at radius 2 is 1.96 bits per heavy atom. The highest BCUT2D eigenvalue weighted by Gasteiger charge is 2.37. The summed E-state index contributed by atoms with van der Waals surface area (Å²) in [6.07, 6.45) is 10.7. The van der Waals surface area contributed by atoms with E-state index in [0.29, 0.717) is 24.9 Å². The summed E-state index contributed by atoms with van der Waals surface area (Å²) >= 11 is 0. The fourth-order valence-corrected chi connectivity index (χ4v) is 5.30. The lowest BCUT2D eigenvalue weighted by molar-refractivity contribution is -0.140. The van der Waals surface area contributed by atoms with Crippen LogP contribution in [0.5, 0.6) is 5.88 Å². The van der Waals surface area contributed by atoms with Crippen molar-refractivity contribution in [1.29, 1.82) is 0 Å². The van der Waals surface area contributed by atoms with Crippen LogP contribution >= 0.6 is 0 Å². The second-order valence-electron chi connectivity index (χ2n) is 7.82. The molecule has 1 saturated carbocycles. The summed E-state index contributed by atoms with van der Waals surface area (Å²) in [6.45, 7) is 1.05. The lowest BCUT2D eigenvalue weighted by Crippen LogP contribution is -2.59. The van der Waals surface area contributed by atoms with E-state index in [2.05, 4.69) is 14.7 Å². The number of carbonyl (C=O) groups is 1. The predicted octanol–water partition coefficient (Wildman–Crippen LogP) is 1.15.